The lowest BCUT2D eigenvalue weighted by molar-refractivity contribution is -0.0458. The van der Waals surface area contributed by atoms with Gasteiger partial charge in [0.15, 0.2) is 0 Å². The summed E-state index contributed by atoms with van der Waals surface area (Å²) in [4.78, 5) is 0. The highest BCUT2D eigenvalue weighted by Crippen LogP contribution is 2.26. The SMILES string of the molecule is CC1CCC(NCC(O)COC2CCCCC2C)CC1. The van der Waals surface area contributed by atoms with Gasteiger partial charge in [0.05, 0.1) is 18.8 Å². The zero-order valence-corrected chi connectivity index (χ0v) is 13.3. The van der Waals surface area contributed by atoms with E-state index < -0.39 is 0 Å². The number of aliphatic hydroxyl groups is 1. The van der Waals surface area contributed by atoms with Crippen molar-refractivity contribution in [3.8, 4) is 0 Å². The van der Waals surface area contributed by atoms with Gasteiger partial charge in [0.1, 0.15) is 0 Å². The van der Waals surface area contributed by atoms with Crippen LogP contribution in [-0.4, -0.2) is 36.5 Å². The Kier molecular flexibility index (Phi) is 6.79. The summed E-state index contributed by atoms with van der Waals surface area (Å²) in [6.45, 7) is 5.78. The van der Waals surface area contributed by atoms with E-state index in [1.807, 2.05) is 0 Å². The number of aliphatic hydroxyl groups excluding tert-OH is 1. The molecule has 0 aromatic rings. The Balaban J connectivity index is 1.57. The van der Waals surface area contributed by atoms with E-state index in [1.165, 1.54) is 51.4 Å². The average molecular weight is 283 g/mol. The summed E-state index contributed by atoms with van der Waals surface area (Å²) >= 11 is 0. The summed E-state index contributed by atoms with van der Waals surface area (Å²) in [5.74, 6) is 1.54. The minimum atomic E-state index is -0.358. The van der Waals surface area contributed by atoms with Crippen molar-refractivity contribution in [1.82, 2.24) is 5.32 Å². The van der Waals surface area contributed by atoms with Crippen LogP contribution in [0.2, 0.25) is 0 Å². The molecule has 2 saturated carbocycles. The predicted molar refractivity (Wildman–Crippen MR) is 82.8 cm³/mol. The third-order valence-electron chi connectivity index (χ3n) is 5.19. The summed E-state index contributed by atoms with van der Waals surface area (Å²) in [5, 5.41) is 13.6. The zero-order valence-electron chi connectivity index (χ0n) is 13.3. The summed E-state index contributed by atoms with van der Waals surface area (Å²) in [5.41, 5.74) is 0. The van der Waals surface area contributed by atoms with Gasteiger partial charge >= 0.3 is 0 Å². The van der Waals surface area contributed by atoms with Crippen LogP contribution in [0.15, 0.2) is 0 Å². The van der Waals surface area contributed by atoms with Gasteiger partial charge in [0.2, 0.25) is 0 Å². The normalized spacial score (nSPS) is 36.8. The largest absolute Gasteiger partial charge is 0.389 e. The molecule has 0 saturated heterocycles. The van der Waals surface area contributed by atoms with Crippen LogP contribution in [0, 0.1) is 11.8 Å². The second kappa shape index (κ2) is 8.35. The second-order valence-corrected chi connectivity index (χ2v) is 7.15. The third-order valence-corrected chi connectivity index (χ3v) is 5.19. The molecule has 2 N–H and O–H groups in total. The van der Waals surface area contributed by atoms with Crippen LogP contribution in [0.1, 0.15) is 65.2 Å². The molecule has 20 heavy (non-hydrogen) atoms. The van der Waals surface area contributed by atoms with Crippen LogP contribution in [0.4, 0.5) is 0 Å². The molecular weight excluding hydrogens is 250 g/mol. The highest BCUT2D eigenvalue weighted by molar-refractivity contribution is 4.77. The second-order valence-electron chi connectivity index (χ2n) is 7.15. The molecule has 3 unspecified atom stereocenters. The van der Waals surface area contributed by atoms with Crippen molar-refractivity contribution in [3.05, 3.63) is 0 Å². The molecule has 2 rings (SSSR count). The van der Waals surface area contributed by atoms with Gasteiger partial charge in [-0.05, 0) is 50.4 Å². The van der Waals surface area contributed by atoms with Gasteiger partial charge in [0.25, 0.3) is 0 Å². The number of rotatable bonds is 6. The first-order valence-electron chi connectivity index (χ1n) is 8.68. The topological polar surface area (TPSA) is 41.5 Å². The van der Waals surface area contributed by atoms with E-state index in [0.717, 1.165) is 5.92 Å². The molecule has 0 heterocycles. The number of ether oxygens (including phenoxy) is 1. The fourth-order valence-electron chi connectivity index (χ4n) is 3.59. The lowest BCUT2D eigenvalue weighted by Gasteiger charge is -2.30. The van der Waals surface area contributed by atoms with Gasteiger partial charge in [-0.25, -0.2) is 0 Å². The summed E-state index contributed by atoms with van der Waals surface area (Å²) in [6, 6.07) is 0.606. The van der Waals surface area contributed by atoms with Crippen molar-refractivity contribution < 1.29 is 9.84 Å². The number of nitrogens with one attached hydrogen (secondary N) is 1. The van der Waals surface area contributed by atoms with Crippen LogP contribution in [0.5, 0.6) is 0 Å². The fourth-order valence-corrected chi connectivity index (χ4v) is 3.59. The molecule has 0 aromatic heterocycles. The van der Waals surface area contributed by atoms with E-state index in [2.05, 4.69) is 19.2 Å². The first-order chi connectivity index (χ1) is 9.65. The molecule has 118 valence electrons. The summed E-state index contributed by atoms with van der Waals surface area (Å²) in [7, 11) is 0. The Morgan fingerprint density at radius 1 is 1.05 bits per heavy atom. The monoisotopic (exact) mass is 283 g/mol. The van der Waals surface area contributed by atoms with E-state index in [4.69, 9.17) is 4.74 Å². The van der Waals surface area contributed by atoms with Crippen LogP contribution < -0.4 is 5.32 Å². The van der Waals surface area contributed by atoms with E-state index in [-0.39, 0.29) is 6.10 Å². The number of hydrogen-bond acceptors (Lipinski definition) is 3. The first-order valence-corrected chi connectivity index (χ1v) is 8.68. The lowest BCUT2D eigenvalue weighted by atomic mass is 9.87. The molecule has 0 radical (unpaired) electrons. The lowest BCUT2D eigenvalue weighted by Crippen LogP contribution is -2.40. The van der Waals surface area contributed by atoms with Gasteiger partial charge in [-0.1, -0.05) is 26.7 Å². The molecule has 3 atom stereocenters. The summed E-state index contributed by atoms with van der Waals surface area (Å²) < 4.78 is 5.92. The molecule has 3 nitrogen and oxygen atoms in total. The van der Waals surface area contributed by atoms with Crippen molar-refractivity contribution in [2.75, 3.05) is 13.2 Å². The smallest absolute Gasteiger partial charge is 0.0897 e. The molecule has 0 aliphatic heterocycles. The maximum atomic E-state index is 10.1. The Labute approximate surface area is 124 Å². The van der Waals surface area contributed by atoms with Gasteiger partial charge in [-0.15, -0.1) is 0 Å². The minimum Gasteiger partial charge on any atom is -0.389 e. The molecule has 2 fully saturated rings. The van der Waals surface area contributed by atoms with Crippen molar-refractivity contribution in [3.63, 3.8) is 0 Å². The Hall–Kier alpha value is -0.120. The maximum absolute atomic E-state index is 10.1. The zero-order chi connectivity index (χ0) is 14.4. The highest BCUT2D eigenvalue weighted by atomic mass is 16.5. The Morgan fingerprint density at radius 3 is 2.45 bits per heavy atom. The van der Waals surface area contributed by atoms with Crippen LogP contribution >= 0.6 is 0 Å². The quantitative estimate of drug-likeness (QED) is 0.787. The van der Waals surface area contributed by atoms with E-state index in [9.17, 15) is 5.11 Å². The van der Waals surface area contributed by atoms with Gasteiger partial charge < -0.3 is 15.2 Å². The molecule has 0 aromatic carbocycles. The van der Waals surface area contributed by atoms with Crippen LogP contribution in [-0.2, 0) is 4.74 Å². The highest BCUT2D eigenvalue weighted by Gasteiger charge is 2.23. The number of hydrogen-bond donors (Lipinski definition) is 2. The molecular formula is C17H33NO2. The van der Waals surface area contributed by atoms with Crippen LogP contribution in [0.25, 0.3) is 0 Å². The molecule has 0 amide bonds. The first kappa shape index (κ1) is 16.3. The minimum absolute atomic E-state index is 0.358. The van der Waals surface area contributed by atoms with Crippen molar-refractivity contribution in [2.45, 2.75) is 83.5 Å². The molecule has 2 aliphatic rings. The molecule has 0 spiro atoms. The van der Waals surface area contributed by atoms with Crippen LogP contribution in [0.3, 0.4) is 0 Å². The van der Waals surface area contributed by atoms with Gasteiger partial charge in [0, 0.05) is 12.6 Å². The Bertz CT molecular complexity index is 264. The maximum Gasteiger partial charge on any atom is 0.0897 e. The van der Waals surface area contributed by atoms with Crippen molar-refractivity contribution >= 4 is 0 Å². The van der Waals surface area contributed by atoms with E-state index in [1.54, 1.807) is 0 Å². The summed E-state index contributed by atoms with van der Waals surface area (Å²) in [6.07, 6.45) is 10.2. The van der Waals surface area contributed by atoms with Gasteiger partial charge in [-0.2, -0.15) is 0 Å². The molecule has 2 aliphatic carbocycles. The van der Waals surface area contributed by atoms with E-state index >= 15 is 0 Å². The van der Waals surface area contributed by atoms with E-state index in [0.29, 0.717) is 31.2 Å². The fraction of sp³-hybridized carbons (Fsp3) is 1.00. The van der Waals surface area contributed by atoms with Gasteiger partial charge in [-0.3, -0.25) is 0 Å². The predicted octanol–water partition coefficient (Wildman–Crippen LogP) is 3.11. The van der Waals surface area contributed by atoms with Crippen molar-refractivity contribution in [1.29, 1.82) is 0 Å². The molecule has 3 heteroatoms. The third kappa shape index (κ3) is 5.34. The average Bonchev–Trinajstić information content (AvgIpc) is 2.46. The molecule has 0 bridgehead atoms. The standard InChI is InChI=1S/C17H33NO2/c1-13-7-9-15(10-8-13)18-11-16(19)12-20-17-6-4-3-5-14(17)2/h13-19H,3-12H2,1-2H3. The van der Waals surface area contributed by atoms with Crippen molar-refractivity contribution in [2.24, 2.45) is 11.8 Å². The Morgan fingerprint density at radius 2 is 1.75 bits per heavy atom.